The highest BCUT2D eigenvalue weighted by Crippen LogP contribution is 2.31. The fourth-order valence-electron chi connectivity index (χ4n) is 5.19. The molecular weight excluding hydrogens is 578 g/mol. The summed E-state index contributed by atoms with van der Waals surface area (Å²) >= 11 is 0. The number of benzene rings is 3. The van der Waals surface area contributed by atoms with Crippen LogP contribution < -0.4 is 14.8 Å². The van der Waals surface area contributed by atoms with Crippen LogP contribution in [0.5, 0.6) is 5.75 Å². The molecule has 0 fully saturated rings. The molecule has 5 aromatic rings. The summed E-state index contributed by atoms with van der Waals surface area (Å²) in [6.07, 6.45) is 6.64. The molecule has 0 spiro atoms. The van der Waals surface area contributed by atoms with E-state index in [-0.39, 0.29) is 11.5 Å². The van der Waals surface area contributed by atoms with E-state index in [1.54, 1.807) is 42.7 Å². The maximum atomic E-state index is 13.0. The number of hydrogen-bond acceptors (Lipinski definition) is 9. The molecule has 0 aliphatic heterocycles. The fraction of sp³-hybridized carbons (Fsp3) is 0.242. The van der Waals surface area contributed by atoms with Crippen LogP contribution in [0.3, 0.4) is 0 Å². The number of nitrogens with zero attached hydrogens (tertiary/aromatic N) is 3. The second kappa shape index (κ2) is 13.4. The molecule has 2 heterocycles. The lowest BCUT2D eigenvalue weighted by Crippen LogP contribution is -2.23. The van der Waals surface area contributed by atoms with Crippen LogP contribution >= 0.6 is 0 Å². The van der Waals surface area contributed by atoms with Gasteiger partial charge < -0.3 is 19.7 Å². The van der Waals surface area contributed by atoms with Gasteiger partial charge in [-0.1, -0.05) is 35.5 Å². The van der Waals surface area contributed by atoms with E-state index in [9.17, 15) is 13.5 Å². The number of aliphatic hydroxyl groups excluding tert-OH is 1. The Kier molecular flexibility index (Phi) is 8.96. The molecule has 0 radical (unpaired) electrons. The molecule has 44 heavy (non-hydrogen) atoms. The smallest absolute Gasteiger partial charge is 0.264 e. The molecule has 1 atom stereocenters. The van der Waals surface area contributed by atoms with Crippen molar-refractivity contribution in [1.29, 1.82) is 0 Å². The number of aromatic nitrogens is 3. The number of sulfonamides is 1. The monoisotopic (exact) mass is 611 g/mol. The quantitative estimate of drug-likeness (QED) is 0.159. The summed E-state index contributed by atoms with van der Waals surface area (Å²) in [4.78, 5) is 8.56. The van der Waals surface area contributed by atoms with Gasteiger partial charge in [0.05, 0.1) is 11.0 Å². The van der Waals surface area contributed by atoms with E-state index in [2.05, 4.69) is 31.2 Å². The Balaban J connectivity index is 0.993. The molecule has 6 rings (SSSR count). The van der Waals surface area contributed by atoms with Gasteiger partial charge in [0.15, 0.2) is 6.61 Å². The molecule has 0 bridgehead atoms. The van der Waals surface area contributed by atoms with Crippen LogP contribution in [0.2, 0.25) is 0 Å². The summed E-state index contributed by atoms with van der Waals surface area (Å²) in [5.74, 6) is 1.55. The van der Waals surface area contributed by atoms with Crippen molar-refractivity contribution in [2.24, 2.45) is 0 Å². The number of hydrogen-bond donors (Lipinski definition) is 3. The van der Waals surface area contributed by atoms with E-state index < -0.39 is 16.1 Å². The summed E-state index contributed by atoms with van der Waals surface area (Å²) in [6, 6.07) is 23.3. The van der Waals surface area contributed by atoms with Gasteiger partial charge in [-0.2, -0.15) is 4.98 Å². The Morgan fingerprint density at radius 3 is 2.61 bits per heavy atom. The van der Waals surface area contributed by atoms with E-state index in [4.69, 9.17) is 9.26 Å². The molecule has 0 saturated carbocycles. The number of fused-ring (bicyclic) bond motifs is 1. The SMILES string of the molecule is O=S(=O)(Nc1ccc(CCNCC(O)c2cccnc2)cc1)c1ccc(-c2noc(COc3cccc4c3CCC4)n2)cc1. The molecule has 1 aliphatic carbocycles. The van der Waals surface area contributed by atoms with Gasteiger partial charge in [0.1, 0.15) is 5.75 Å². The van der Waals surface area contributed by atoms with Crippen LogP contribution in [-0.4, -0.2) is 41.7 Å². The zero-order valence-electron chi connectivity index (χ0n) is 24.0. The van der Waals surface area contributed by atoms with Crippen LogP contribution in [0.4, 0.5) is 5.69 Å². The van der Waals surface area contributed by atoms with Crippen molar-refractivity contribution in [1.82, 2.24) is 20.4 Å². The van der Waals surface area contributed by atoms with Crippen LogP contribution in [0, 0.1) is 0 Å². The number of pyridine rings is 1. The van der Waals surface area contributed by atoms with E-state index in [1.165, 1.54) is 23.3 Å². The average molecular weight is 612 g/mol. The molecule has 0 amide bonds. The van der Waals surface area contributed by atoms with Crippen LogP contribution in [0.1, 0.15) is 40.7 Å². The van der Waals surface area contributed by atoms with Crippen molar-refractivity contribution in [2.45, 2.75) is 43.3 Å². The largest absolute Gasteiger partial charge is 0.483 e. The number of aliphatic hydroxyl groups is 1. The first kappa shape index (κ1) is 29.5. The average Bonchev–Trinajstić information content (AvgIpc) is 3.74. The van der Waals surface area contributed by atoms with Crippen LogP contribution in [0.25, 0.3) is 11.4 Å². The highest BCUT2D eigenvalue weighted by Gasteiger charge is 2.18. The molecule has 2 aromatic heterocycles. The van der Waals surface area contributed by atoms with Gasteiger partial charge in [0.2, 0.25) is 5.82 Å². The van der Waals surface area contributed by atoms with Crippen molar-refractivity contribution >= 4 is 15.7 Å². The second-order valence-electron chi connectivity index (χ2n) is 10.6. The van der Waals surface area contributed by atoms with Crippen molar-refractivity contribution in [3.63, 3.8) is 0 Å². The van der Waals surface area contributed by atoms with Crippen molar-refractivity contribution < 1.29 is 22.8 Å². The van der Waals surface area contributed by atoms with Gasteiger partial charge in [0, 0.05) is 35.8 Å². The first-order valence-electron chi connectivity index (χ1n) is 14.5. The topological polar surface area (TPSA) is 139 Å². The predicted molar refractivity (Wildman–Crippen MR) is 166 cm³/mol. The minimum atomic E-state index is -3.80. The molecule has 10 nitrogen and oxygen atoms in total. The molecule has 1 unspecified atom stereocenters. The highest BCUT2D eigenvalue weighted by atomic mass is 32.2. The molecular formula is C33H33N5O5S. The summed E-state index contributed by atoms with van der Waals surface area (Å²) in [7, 11) is -3.80. The Hall–Kier alpha value is -4.58. The minimum absolute atomic E-state index is 0.117. The van der Waals surface area contributed by atoms with Gasteiger partial charge in [-0.3, -0.25) is 9.71 Å². The number of aryl methyl sites for hydroxylation is 1. The third-order valence-electron chi connectivity index (χ3n) is 7.55. The number of rotatable bonds is 13. The molecule has 3 N–H and O–H groups in total. The van der Waals surface area contributed by atoms with E-state index in [0.29, 0.717) is 36.1 Å². The van der Waals surface area contributed by atoms with Gasteiger partial charge in [-0.05, 0) is 97.4 Å². The maximum absolute atomic E-state index is 13.0. The minimum Gasteiger partial charge on any atom is -0.483 e. The lowest BCUT2D eigenvalue weighted by molar-refractivity contribution is 0.174. The van der Waals surface area contributed by atoms with Crippen molar-refractivity contribution in [3.05, 3.63) is 119 Å². The summed E-state index contributed by atoms with van der Waals surface area (Å²) < 4.78 is 40.0. The van der Waals surface area contributed by atoms with Gasteiger partial charge in [-0.25, -0.2) is 8.42 Å². The van der Waals surface area contributed by atoms with E-state index in [0.717, 1.165) is 42.6 Å². The molecule has 3 aromatic carbocycles. The van der Waals surface area contributed by atoms with Crippen molar-refractivity contribution in [3.8, 4) is 17.1 Å². The molecule has 226 valence electrons. The van der Waals surface area contributed by atoms with E-state index >= 15 is 0 Å². The zero-order chi connectivity index (χ0) is 30.4. The van der Waals surface area contributed by atoms with Crippen LogP contribution in [0.15, 0.2) is 101 Å². The highest BCUT2D eigenvalue weighted by molar-refractivity contribution is 7.92. The third kappa shape index (κ3) is 7.13. The third-order valence-corrected chi connectivity index (χ3v) is 8.95. The molecule has 11 heteroatoms. The Morgan fingerprint density at radius 1 is 0.977 bits per heavy atom. The Bertz CT molecular complexity index is 1790. The molecule has 1 aliphatic rings. The van der Waals surface area contributed by atoms with E-state index in [1.807, 2.05) is 30.3 Å². The van der Waals surface area contributed by atoms with Gasteiger partial charge >= 0.3 is 0 Å². The summed E-state index contributed by atoms with van der Waals surface area (Å²) in [5.41, 5.74) is 5.47. The number of nitrogens with one attached hydrogen (secondary N) is 2. The van der Waals surface area contributed by atoms with Crippen molar-refractivity contribution in [2.75, 3.05) is 17.8 Å². The van der Waals surface area contributed by atoms with Gasteiger partial charge in [0.25, 0.3) is 15.9 Å². The Morgan fingerprint density at radius 2 is 1.82 bits per heavy atom. The lowest BCUT2D eigenvalue weighted by atomic mass is 10.1. The first-order chi connectivity index (χ1) is 21.4. The maximum Gasteiger partial charge on any atom is 0.264 e. The normalized spacial score (nSPS) is 13.4. The summed E-state index contributed by atoms with van der Waals surface area (Å²) in [6.45, 7) is 1.24. The van der Waals surface area contributed by atoms with Gasteiger partial charge in [-0.15, -0.1) is 0 Å². The molecule has 0 saturated heterocycles. The zero-order valence-corrected chi connectivity index (χ0v) is 24.8. The standard InChI is InChI=1S/C33H33N5O5S/c39-30(26-6-3-18-34-20-26)21-35-19-17-23-9-13-27(14-10-23)38-44(40,41)28-15-11-25(12-16-28)33-36-32(43-37-33)22-42-31-8-2-5-24-4-1-7-29(24)31/h2-3,5-6,8-16,18,20,30,35,38-39H,1,4,7,17,19,21-22H2. The number of ether oxygens (including phenoxy) is 1. The summed E-state index contributed by atoms with van der Waals surface area (Å²) in [5, 5.41) is 17.5. The first-order valence-corrected chi connectivity index (χ1v) is 16.0. The second-order valence-corrected chi connectivity index (χ2v) is 12.3. The van der Waals surface area contributed by atoms with Crippen LogP contribution in [-0.2, 0) is 35.9 Å². The fourth-order valence-corrected chi connectivity index (χ4v) is 6.25. The Labute approximate surface area is 256 Å². The predicted octanol–water partition coefficient (Wildman–Crippen LogP) is 4.87. The lowest BCUT2D eigenvalue weighted by Gasteiger charge is -2.12. The number of anilines is 1.